The molecule has 0 N–H and O–H groups in total. The van der Waals surface area contributed by atoms with Gasteiger partial charge < -0.3 is 9.53 Å². The van der Waals surface area contributed by atoms with E-state index in [1.165, 1.54) is 0 Å². The van der Waals surface area contributed by atoms with Gasteiger partial charge in [-0.1, -0.05) is 0 Å². The molecule has 0 heterocycles. The van der Waals surface area contributed by atoms with Gasteiger partial charge >= 0.3 is 5.97 Å². The van der Waals surface area contributed by atoms with Gasteiger partial charge in [0.15, 0.2) is 0 Å². The van der Waals surface area contributed by atoms with Crippen LogP contribution in [0.5, 0.6) is 0 Å². The van der Waals surface area contributed by atoms with Crippen LogP contribution in [0.4, 0.5) is 0 Å². The van der Waals surface area contributed by atoms with Gasteiger partial charge in [0.1, 0.15) is 5.78 Å². The lowest BCUT2D eigenvalue weighted by Gasteiger charge is -2.16. The minimum atomic E-state index is -0.417. The van der Waals surface area contributed by atoms with Gasteiger partial charge in [-0.2, -0.15) is 0 Å². The van der Waals surface area contributed by atoms with Gasteiger partial charge in [0.25, 0.3) is 0 Å². The van der Waals surface area contributed by atoms with Crippen molar-refractivity contribution in [2.75, 3.05) is 6.61 Å². The van der Waals surface area contributed by atoms with Crippen LogP contribution in [0, 0.1) is 5.41 Å². The lowest BCUT2D eigenvalue weighted by molar-refractivity contribution is -0.153. The van der Waals surface area contributed by atoms with E-state index in [0.717, 1.165) is 19.3 Å². The second-order valence-electron chi connectivity index (χ2n) is 4.90. The van der Waals surface area contributed by atoms with Crippen molar-refractivity contribution < 1.29 is 14.3 Å². The van der Waals surface area contributed by atoms with Crippen LogP contribution in [-0.4, -0.2) is 18.4 Å². The molecule has 0 bridgehead atoms. The average molecular weight is 214 g/mol. The fraction of sp³-hybridized carbons (Fsp3) is 0.833. The van der Waals surface area contributed by atoms with E-state index in [0.29, 0.717) is 13.0 Å². The normalized spacial score (nSPS) is 11.2. The summed E-state index contributed by atoms with van der Waals surface area (Å²) >= 11 is 0. The third kappa shape index (κ3) is 8.16. The Balaban J connectivity index is 3.40. The molecule has 0 saturated carbocycles. The number of Topliss-reactive ketones (excluding diaryl/α,β-unsaturated/α-hetero) is 1. The first-order valence-corrected chi connectivity index (χ1v) is 5.50. The number of hydrogen-bond donors (Lipinski definition) is 0. The summed E-state index contributed by atoms with van der Waals surface area (Å²) in [6, 6.07) is 0. The number of carbonyl (C=O) groups excluding carboxylic acids is 2. The summed E-state index contributed by atoms with van der Waals surface area (Å²) in [6.45, 7) is 7.58. The molecule has 0 unspecified atom stereocenters. The summed E-state index contributed by atoms with van der Waals surface area (Å²) in [6.07, 6.45) is 3.31. The van der Waals surface area contributed by atoms with Gasteiger partial charge in [-0.05, 0) is 47.0 Å². The molecule has 0 aromatic carbocycles. The fourth-order valence-corrected chi connectivity index (χ4v) is 1.03. The van der Waals surface area contributed by atoms with Crippen molar-refractivity contribution in [3.63, 3.8) is 0 Å². The highest BCUT2D eigenvalue weighted by atomic mass is 16.5. The maximum Gasteiger partial charge on any atom is 0.311 e. The van der Waals surface area contributed by atoms with Crippen molar-refractivity contribution in [3.05, 3.63) is 0 Å². The third-order valence-electron chi connectivity index (χ3n) is 2.02. The maximum absolute atomic E-state index is 11.3. The van der Waals surface area contributed by atoms with Gasteiger partial charge in [0, 0.05) is 6.42 Å². The Morgan fingerprint density at radius 3 is 2.13 bits per heavy atom. The monoisotopic (exact) mass is 214 g/mol. The van der Waals surface area contributed by atoms with Crippen LogP contribution in [0.3, 0.4) is 0 Å². The SMILES string of the molecule is CC(=O)CCCCCOC(=O)C(C)(C)C. The summed E-state index contributed by atoms with van der Waals surface area (Å²) < 4.78 is 5.09. The van der Waals surface area contributed by atoms with Crippen LogP contribution in [0.15, 0.2) is 0 Å². The molecule has 0 atom stereocenters. The number of ether oxygens (including phenoxy) is 1. The molecular formula is C12H22O3. The van der Waals surface area contributed by atoms with Gasteiger partial charge in [-0.25, -0.2) is 0 Å². The molecule has 0 spiro atoms. The Bertz CT molecular complexity index is 213. The Hall–Kier alpha value is -0.860. The Labute approximate surface area is 92.2 Å². The molecule has 0 aliphatic carbocycles. The minimum absolute atomic E-state index is 0.158. The van der Waals surface area contributed by atoms with Crippen LogP contribution in [-0.2, 0) is 14.3 Å². The van der Waals surface area contributed by atoms with Gasteiger partial charge in [-0.15, -0.1) is 0 Å². The predicted octanol–water partition coefficient (Wildman–Crippen LogP) is 2.73. The van der Waals surface area contributed by atoms with Crippen LogP contribution in [0.1, 0.15) is 53.4 Å². The van der Waals surface area contributed by atoms with E-state index in [1.54, 1.807) is 6.92 Å². The number of unbranched alkanes of at least 4 members (excludes halogenated alkanes) is 2. The van der Waals surface area contributed by atoms with Crippen molar-refractivity contribution in [2.24, 2.45) is 5.41 Å². The van der Waals surface area contributed by atoms with E-state index >= 15 is 0 Å². The number of ketones is 1. The molecule has 0 saturated heterocycles. The molecule has 0 rings (SSSR count). The van der Waals surface area contributed by atoms with Crippen molar-refractivity contribution in [1.29, 1.82) is 0 Å². The van der Waals surface area contributed by atoms with Crippen LogP contribution in [0.2, 0.25) is 0 Å². The predicted molar refractivity (Wildman–Crippen MR) is 59.6 cm³/mol. The zero-order chi connectivity index (χ0) is 11.9. The smallest absolute Gasteiger partial charge is 0.311 e. The van der Waals surface area contributed by atoms with Gasteiger partial charge in [0.05, 0.1) is 12.0 Å². The fourth-order valence-electron chi connectivity index (χ4n) is 1.03. The maximum atomic E-state index is 11.3. The standard InChI is InChI=1S/C12H22O3/c1-10(13)8-6-5-7-9-15-11(14)12(2,3)4/h5-9H2,1-4H3. The zero-order valence-electron chi connectivity index (χ0n) is 10.3. The first kappa shape index (κ1) is 14.1. The number of esters is 1. The van der Waals surface area contributed by atoms with E-state index in [9.17, 15) is 9.59 Å². The van der Waals surface area contributed by atoms with E-state index in [-0.39, 0.29) is 11.8 Å². The molecule has 0 aromatic rings. The highest BCUT2D eigenvalue weighted by molar-refractivity contribution is 5.75. The summed E-state index contributed by atoms with van der Waals surface area (Å²) in [5.41, 5.74) is -0.417. The summed E-state index contributed by atoms with van der Waals surface area (Å²) in [5, 5.41) is 0. The second-order valence-corrected chi connectivity index (χ2v) is 4.90. The average Bonchev–Trinajstić information content (AvgIpc) is 2.08. The Morgan fingerprint density at radius 1 is 1.07 bits per heavy atom. The summed E-state index contributed by atoms with van der Waals surface area (Å²) in [5.74, 6) is 0.0655. The van der Waals surface area contributed by atoms with Gasteiger partial charge in [-0.3, -0.25) is 4.79 Å². The molecule has 0 aromatic heterocycles. The first-order chi connectivity index (χ1) is 6.84. The molecule has 0 aliphatic rings. The number of hydrogen-bond acceptors (Lipinski definition) is 3. The molecule has 0 radical (unpaired) electrons. The minimum Gasteiger partial charge on any atom is -0.465 e. The topological polar surface area (TPSA) is 43.4 Å². The van der Waals surface area contributed by atoms with Crippen LogP contribution < -0.4 is 0 Å². The summed E-state index contributed by atoms with van der Waals surface area (Å²) in [4.78, 5) is 22.0. The highest BCUT2D eigenvalue weighted by Gasteiger charge is 2.22. The Kier molecular flexibility index (Phi) is 6.21. The lowest BCUT2D eigenvalue weighted by atomic mass is 9.97. The van der Waals surface area contributed by atoms with Gasteiger partial charge in [0.2, 0.25) is 0 Å². The second kappa shape index (κ2) is 6.59. The molecule has 3 heteroatoms. The molecule has 0 aliphatic heterocycles. The van der Waals surface area contributed by atoms with Crippen LogP contribution in [0.25, 0.3) is 0 Å². The molecule has 0 amide bonds. The van der Waals surface area contributed by atoms with Crippen molar-refractivity contribution in [2.45, 2.75) is 53.4 Å². The quantitative estimate of drug-likeness (QED) is 0.504. The van der Waals surface area contributed by atoms with E-state index < -0.39 is 5.41 Å². The molecule has 88 valence electrons. The van der Waals surface area contributed by atoms with Crippen molar-refractivity contribution >= 4 is 11.8 Å². The van der Waals surface area contributed by atoms with E-state index in [4.69, 9.17) is 4.74 Å². The molecule has 3 nitrogen and oxygen atoms in total. The lowest BCUT2D eigenvalue weighted by Crippen LogP contribution is -2.23. The van der Waals surface area contributed by atoms with Crippen molar-refractivity contribution in [3.8, 4) is 0 Å². The third-order valence-corrected chi connectivity index (χ3v) is 2.02. The molecular weight excluding hydrogens is 192 g/mol. The first-order valence-electron chi connectivity index (χ1n) is 5.50. The molecule has 15 heavy (non-hydrogen) atoms. The molecule has 0 fully saturated rings. The summed E-state index contributed by atoms with van der Waals surface area (Å²) in [7, 11) is 0. The highest BCUT2D eigenvalue weighted by Crippen LogP contribution is 2.15. The zero-order valence-corrected chi connectivity index (χ0v) is 10.3. The van der Waals surface area contributed by atoms with Crippen molar-refractivity contribution in [1.82, 2.24) is 0 Å². The van der Waals surface area contributed by atoms with E-state index in [1.807, 2.05) is 20.8 Å². The van der Waals surface area contributed by atoms with E-state index in [2.05, 4.69) is 0 Å². The number of rotatable bonds is 6. The largest absolute Gasteiger partial charge is 0.465 e. The number of carbonyl (C=O) groups is 2. The Morgan fingerprint density at radius 2 is 1.67 bits per heavy atom. The van der Waals surface area contributed by atoms with Crippen LogP contribution >= 0.6 is 0 Å².